The molecular weight excluding hydrogens is 459 g/mol. The van der Waals surface area contributed by atoms with Crippen molar-refractivity contribution in [3.63, 3.8) is 0 Å². The lowest BCUT2D eigenvalue weighted by molar-refractivity contribution is -0.137. The van der Waals surface area contributed by atoms with E-state index in [0.29, 0.717) is 44.2 Å². The van der Waals surface area contributed by atoms with Gasteiger partial charge < -0.3 is 14.7 Å². The zero-order valence-corrected chi connectivity index (χ0v) is 19.1. The maximum Gasteiger partial charge on any atom is 0.416 e. The summed E-state index contributed by atoms with van der Waals surface area (Å²) in [4.78, 5) is 19.1. The second-order valence-electron chi connectivity index (χ2n) is 8.85. The zero-order chi connectivity index (χ0) is 24.4. The lowest BCUT2D eigenvalue weighted by Gasteiger charge is -2.40. The summed E-state index contributed by atoms with van der Waals surface area (Å²) < 4.78 is 40.8. The van der Waals surface area contributed by atoms with E-state index in [-0.39, 0.29) is 11.8 Å². The van der Waals surface area contributed by atoms with Gasteiger partial charge in [-0.25, -0.2) is 4.68 Å². The Labute approximate surface area is 201 Å². The van der Waals surface area contributed by atoms with Gasteiger partial charge in [-0.3, -0.25) is 4.79 Å². The highest BCUT2D eigenvalue weighted by molar-refractivity contribution is 5.80. The van der Waals surface area contributed by atoms with E-state index in [9.17, 15) is 18.0 Å². The summed E-state index contributed by atoms with van der Waals surface area (Å²) in [5.74, 6) is 1.31. The molecule has 0 spiro atoms. The number of nitrogens with zero attached hydrogens (tertiary/aromatic N) is 7. The summed E-state index contributed by atoms with van der Waals surface area (Å²) in [7, 11) is 0. The Kier molecular flexibility index (Phi) is 6.31. The Balaban J connectivity index is 1.18. The van der Waals surface area contributed by atoms with Gasteiger partial charge in [-0.05, 0) is 49.2 Å². The molecule has 11 heteroatoms. The molecule has 1 atom stereocenters. The molecule has 0 N–H and O–H groups in total. The molecule has 35 heavy (non-hydrogen) atoms. The normalized spacial score (nSPS) is 19.2. The van der Waals surface area contributed by atoms with Crippen molar-refractivity contribution in [3.8, 4) is 5.82 Å². The number of amides is 1. The molecule has 5 rings (SSSR count). The van der Waals surface area contributed by atoms with E-state index in [1.807, 2.05) is 28.0 Å². The van der Waals surface area contributed by atoms with Crippen molar-refractivity contribution >= 4 is 17.4 Å². The third-order valence-electron chi connectivity index (χ3n) is 6.60. The van der Waals surface area contributed by atoms with Crippen LogP contribution in [0.1, 0.15) is 18.4 Å². The number of anilines is 2. The molecule has 4 heterocycles. The van der Waals surface area contributed by atoms with Crippen LogP contribution in [0.15, 0.2) is 54.9 Å². The van der Waals surface area contributed by atoms with E-state index in [2.05, 4.69) is 20.2 Å². The summed E-state index contributed by atoms with van der Waals surface area (Å²) in [6.45, 7) is 3.37. The fourth-order valence-electron chi connectivity index (χ4n) is 4.72. The fourth-order valence-corrected chi connectivity index (χ4v) is 4.72. The van der Waals surface area contributed by atoms with Crippen molar-refractivity contribution in [2.45, 2.75) is 19.0 Å². The van der Waals surface area contributed by atoms with E-state index >= 15 is 0 Å². The van der Waals surface area contributed by atoms with Crippen molar-refractivity contribution < 1.29 is 18.0 Å². The summed E-state index contributed by atoms with van der Waals surface area (Å²) in [6, 6.07) is 10.9. The molecule has 184 valence electrons. The average Bonchev–Trinajstić information content (AvgIpc) is 3.43. The Bertz CT molecular complexity index is 1140. The standard InChI is InChI=1S/C24H26F3N7O/c25-24(26,27)19-5-1-6-20(16-19)31-12-14-32(15-13-31)23(35)18-4-2-10-33(17-18)21-7-8-22(30-29-21)34-11-3-9-28-34/h1,3,5-9,11,16,18H,2,4,10,12-15,17H2. The molecular formula is C24H26F3N7O. The summed E-state index contributed by atoms with van der Waals surface area (Å²) in [5, 5.41) is 12.7. The second kappa shape index (κ2) is 9.55. The van der Waals surface area contributed by atoms with Gasteiger partial charge in [0.25, 0.3) is 0 Å². The number of carbonyl (C=O) groups is 1. The van der Waals surface area contributed by atoms with Crippen LogP contribution in [0.25, 0.3) is 5.82 Å². The van der Waals surface area contributed by atoms with Crippen LogP contribution in [0.5, 0.6) is 0 Å². The average molecular weight is 486 g/mol. The van der Waals surface area contributed by atoms with Gasteiger partial charge in [-0.1, -0.05) is 6.07 Å². The first kappa shape index (κ1) is 23.1. The maximum absolute atomic E-state index is 13.3. The molecule has 0 aliphatic carbocycles. The molecule has 1 amide bonds. The van der Waals surface area contributed by atoms with E-state index < -0.39 is 11.7 Å². The molecule has 1 aromatic carbocycles. The Hall–Kier alpha value is -3.63. The maximum atomic E-state index is 13.3. The Morgan fingerprint density at radius 2 is 1.69 bits per heavy atom. The van der Waals surface area contributed by atoms with Gasteiger partial charge in [0.05, 0.1) is 11.5 Å². The molecule has 1 unspecified atom stereocenters. The minimum atomic E-state index is -4.37. The van der Waals surface area contributed by atoms with Gasteiger partial charge in [0.2, 0.25) is 5.91 Å². The van der Waals surface area contributed by atoms with Crippen LogP contribution < -0.4 is 9.80 Å². The van der Waals surface area contributed by atoms with Crippen LogP contribution in [0.3, 0.4) is 0 Å². The molecule has 2 aliphatic heterocycles. The lowest BCUT2D eigenvalue weighted by Crippen LogP contribution is -2.52. The highest BCUT2D eigenvalue weighted by Gasteiger charge is 2.33. The molecule has 2 fully saturated rings. The summed E-state index contributed by atoms with van der Waals surface area (Å²) >= 11 is 0. The van der Waals surface area contributed by atoms with Gasteiger partial charge in [0, 0.05) is 57.3 Å². The van der Waals surface area contributed by atoms with E-state index in [0.717, 1.165) is 31.3 Å². The summed E-state index contributed by atoms with van der Waals surface area (Å²) in [6.07, 6.45) is 0.789. The van der Waals surface area contributed by atoms with Crippen molar-refractivity contribution in [2.24, 2.45) is 5.92 Å². The SMILES string of the molecule is O=C(C1CCCN(c2ccc(-n3cccn3)nn2)C1)N1CCN(c2cccc(C(F)(F)F)c2)CC1. The van der Waals surface area contributed by atoms with E-state index in [1.165, 1.54) is 12.1 Å². The molecule has 2 saturated heterocycles. The van der Waals surface area contributed by atoms with Crippen LogP contribution in [-0.4, -0.2) is 70.1 Å². The van der Waals surface area contributed by atoms with Crippen LogP contribution in [0.2, 0.25) is 0 Å². The number of aromatic nitrogens is 4. The first-order valence-electron chi connectivity index (χ1n) is 11.7. The minimum absolute atomic E-state index is 0.0968. The number of benzene rings is 1. The number of rotatable bonds is 4. The van der Waals surface area contributed by atoms with Gasteiger partial charge in [-0.15, -0.1) is 10.2 Å². The van der Waals surface area contributed by atoms with E-state index in [1.54, 1.807) is 23.1 Å². The number of halogens is 3. The number of hydrogen-bond donors (Lipinski definition) is 0. The van der Waals surface area contributed by atoms with Gasteiger partial charge in [0.1, 0.15) is 0 Å². The van der Waals surface area contributed by atoms with Gasteiger partial charge >= 0.3 is 6.18 Å². The minimum Gasteiger partial charge on any atom is -0.368 e. The van der Waals surface area contributed by atoms with Crippen molar-refractivity contribution in [3.05, 3.63) is 60.4 Å². The third kappa shape index (κ3) is 5.08. The summed E-state index contributed by atoms with van der Waals surface area (Å²) in [5.41, 5.74) is -0.121. The van der Waals surface area contributed by atoms with Gasteiger partial charge in [0.15, 0.2) is 11.6 Å². The van der Waals surface area contributed by atoms with Crippen LogP contribution in [-0.2, 0) is 11.0 Å². The lowest BCUT2D eigenvalue weighted by atomic mass is 9.96. The monoisotopic (exact) mass is 485 g/mol. The Morgan fingerprint density at radius 3 is 2.37 bits per heavy atom. The highest BCUT2D eigenvalue weighted by atomic mass is 19.4. The predicted octanol–water partition coefficient (Wildman–Crippen LogP) is 3.25. The number of alkyl halides is 3. The molecule has 0 bridgehead atoms. The quantitative estimate of drug-likeness (QED) is 0.565. The zero-order valence-electron chi connectivity index (χ0n) is 19.1. The van der Waals surface area contributed by atoms with Crippen molar-refractivity contribution in [1.82, 2.24) is 24.9 Å². The number of piperidine rings is 1. The first-order valence-corrected chi connectivity index (χ1v) is 11.7. The largest absolute Gasteiger partial charge is 0.416 e. The molecule has 3 aromatic rings. The predicted molar refractivity (Wildman–Crippen MR) is 124 cm³/mol. The fraction of sp³-hybridized carbons (Fsp3) is 0.417. The third-order valence-corrected chi connectivity index (χ3v) is 6.60. The van der Waals surface area contributed by atoms with Crippen LogP contribution in [0, 0.1) is 5.92 Å². The smallest absolute Gasteiger partial charge is 0.368 e. The molecule has 2 aliphatic rings. The van der Waals surface area contributed by atoms with E-state index in [4.69, 9.17) is 0 Å². The molecule has 0 saturated carbocycles. The van der Waals surface area contributed by atoms with Crippen LogP contribution in [0.4, 0.5) is 24.7 Å². The highest BCUT2D eigenvalue weighted by Crippen LogP contribution is 2.32. The van der Waals surface area contributed by atoms with Gasteiger partial charge in [-0.2, -0.15) is 18.3 Å². The topological polar surface area (TPSA) is 70.4 Å². The number of carbonyl (C=O) groups excluding carboxylic acids is 1. The number of hydrogen-bond acceptors (Lipinski definition) is 6. The number of piperazine rings is 1. The van der Waals surface area contributed by atoms with Crippen molar-refractivity contribution in [1.29, 1.82) is 0 Å². The van der Waals surface area contributed by atoms with Crippen molar-refractivity contribution in [2.75, 3.05) is 49.1 Å². The van der Waals surface area contributed by atoms with Crippen LogP contribution >= 0.6 is 0 Å². The molecule has 2 aromatic heterocycles. The molecule has 0 radical (unpaired) electrons. The first-order chi connectivity index (χ1) is 16.9. The second-order valence-corrected chi connectivity index (χ2v) is 8.85. The molecule has 8 nitrogen and oxygen atoms in total. The Morgan fingerprint density at radius 1 is 0.914 bits per heavy atom.